The predicted octanol–water partition coefficient (Wildman–Crippen LogP) is 8.13. The molecule has 0 saturated carbocycles. The van der Waals surface area contributed by atoms with Crippen LogP contribution in [0.3, 0.4) is 0 Å². The Kier molecular flexibility index (Phi) is 33.5. The van der Waals surface area contributed by atoms with E-state index in [-0.39, 0.29) is 6.61 Å². The van der Waals surface area contributed by atoms with Crippen molar-refractivity contribution in [3.05, 3.63) is 0 Å². The van der Waals surface area contributed by atoms with Crippen LogP contribution in [0.4, 0.5) is 0 Å². The molecule has 0 aliphatic rings. The van der Waals surface area contributed by atoms with Crippen LogP contribution in [0.2, 0.25) is 0 Å². The van der Waals surface area contributed by atoms with E-state index in [1.54, 1.807) is 0 Å². The molecule has 8 heteroatoms. The highest BCUT2D eigenvalue weighted by Gasteiger charge is 2.32. The lowest BCUT2D eigenvalue weighted by Gasteiger charge is -2.27. The van der Waals surface area contributed by atoms with Crippen molar-refractivity contribution in [1.29, 1.82) is 0 Å². The van der Waals surface area contributed by atoms with E-state index in [1.165, 1.54) is 122 Å². The van der Waals surface area contributed by atoms with Crippen LogP contribution < -0.4 is 0 Å². The maximum atomic E-state index is 13.2. The minimum Gasteiger partial charge on any atom is -0.432 e. The lowest BCUT2D eigenvalue weighted by Crippen LogP contribution is -2.41. The van der Waals surface area contributed by atoms with Crippen molar-refractivity contribution in [3.8, 4) is 0 Å². The maximum absolute atomic E-state index is 13.2. The minimum atomic E-state index is -1.50. The van der Waals surface area contributed by atoms with Gasteiger partial charge in [0.2, 0.25) is 6.29 Å². The highest BCUT2D eigenvalue weighted by molar-refractivity contribution is 5.73. The van der Waals surface area contributed by atoms with E-state index in [0.717, 1.165) is 38.5 Å². The molecule has 0 aromatic carbocycles. The van der Waals surface area contributed by atoms with Gasteiger partial charge in [0.05, 0.1) is 31.8 Å². The Bertz CT molecular complexity index is 634. The van der Waals surface area contributed by atoms with Crippen LogP contribution in [-0.4, -0.2) is 75.9 Å². The fourth-order valence-electron chi connectivity index (χ4n) is 6.02. The highest BCUT2D eigenvalue weighted by Crippen LogP contribution is 2.23. The van der Waals surface area contributed by atoms with E-state index in [2.05, 4.69) is 13.8 Å². The summed E-state index contributed by atoms with van der Waals surface area (Å²) in [6, 6.07) is 0. The molecule has 0 aliphatic heterocycles. The lowest BCUT2D eigenvalue weighted by atomic mass is 9.91. The predicted molar refractivity (Wildman–Crippen MR) is 188 cm³/mol. The number of unbranched alkanes of at least 4 members (excludes halogenated alkanes) is 23. The molecule has 0 spiro atoms. The second kappa shape index (κ2) is 34.1. The number of aliphatic hydroxyl groups is 5. The molecule has 5 N–H and O–H groups in total. The number of hydrogen-bond donors (Lipinski definition) is 5. The third-order valence-corrected chi connectivity index (χ3v) is 9.14. The minimum absolute atomic E-state index is 0.365. The Morgan fingerprint density at radius 1 is 0.500 bits per heavy atom. The molecule has 0 rings (SSSR count). The number of hydrogen-bond acceptors (Lipinski definition) is 8. The van der Waals surface area contributed by atoms with E-state index in [9.17, 15) is 25.2 Å². The Balaban J connectivity index is 4.60. The summed E-state index contributed by atoms with van der Waals surface area (Å²) in [5.74, 6) is -1.42. The molecule has 0 aromatic heterocycles. The van der Waals surface area contributed by atoms with Gasteiger partial charge in [0, 0.05) is 0 Å². The highest BCUT2D eigenvalue weighted by atomic mass is 16.7. The molecule has 8 nitrogen and oxygen atoms in total. The van der Waals surface area contributed by atoms with E-state index in [1.807, 2.05) is 0 Å². The monoisotopic (exact) mass is 661 g/mol. The molecule has 0 aromatic rings. The average Bonchev–Trinajstić information content (AvgIpc) is 3.06. The van der Waals surface area contributed by atoms with Gasteiger partial charge < -0.3 is 35.0 Å². The SMILES string of the molecule is CCCCCCCCCCCCCCCC(O)C(CCCCCCCCCCCCCC)C(=O)OC(OCC(O)CO)C(O)CO. The lowest BCUT2D eigenvalue weighted by molar-refractivity contribution is -0.220. The third-order valence-electron chi connectivity index (χ3n) is 9.14. The number of carbonyl (C=O) groups excluding carboxylic acids is 1. The largest absolute Gasteiger partial charge is 0.432 e. The van der Waals surface area contributed by atoms with Gasteiger partial charge in [0.15, 0.2) is 0 Å². The smallest absolute Gasteiger partial charge is 0.313 e. The number of rotatable bonds is 36. The van der Waals surface area contributed by atoms with E-state index in [4.69, 9.17) is 14.6 Å². The van der Waals surface area contributed by atoms with E-state index < -0.39 is 49.7 Å². The van der Waals surface area contributed by atoms with Crippen molar-refractivity contribution in [2.45, 2.75) is 212 Å². The molecular weight excluding hydrogens is 584 g/mol. The molecular formula is C38H76O8. The summed E-state index contributed by atoms with van der Waals surface area (Å²) in [4.78, 5) is 13.2. The fraction of sp³-hybridized carbons (Fsp3) is 0.974. The first-order valence-electron chi connectivity index (χ1n) is 19.5. The molecule has 5 unspecified atom stereocenters. The van der Waals surface area contributed by atoms with Gasteiger partial charge in [-0.3, -0.25) is 4.79 Å². The summed E-state index contributed by atoms with van der Waals surface area (Å²) in [7, 11) is 0. The second-order valence-electron chi connectivity index (χ2n) is 13.6. The normalized spacial score (nSPS) is 15.0. The first kappa shape index (κ1) is 45.2. The molecule has 0 aliphatic carbocycles. The van der Waals surface area contributed by atoms with Gasteiger partial charge >= 0.3 is 5.97 Å². The number of aliphatic hydroxyl groups excluding tert-OH is 5. The van der Waals surface area contributed by atoms with Crippen LogP contribution in [0, 0.1) is 5.92 Å². The van der Waals surface area contributed by atoms with Crippen LogP contribution in [0.5, 0.6) is 0 Å². The fourth-order valence-corrected chi connectivity index (χ4v) is 6.02. The van der Waals surface area contributed by atoms with Crippen LogP contribution >= 0.6 is 0 Å². The third kappa shape index (κ3) is 27.2. The van der Waals surface area contributed by atoms with Gasteiger partial charge in [-0.25, -0.2) is 0 Å². The molecule has 0 heterocycles. The zero-order chi connectivity index (χ0) is 34.1. The Labute approximate surface area is 283 Å². The summed E-state index contributed by atoms with van der Waals surface area (Å²) in [6.45, 7) is 2.89. The number of carbonyl (C=O) groups is 1. The van der Waals surface area contributed by atoms with Crippen molar-refractivity contribution < 1.29 is 39.8 Å². The van der Waals surface area contributed by atoms with Crippen LogP contribution in [0.15, 0.2) is 0 Å². The summed E-state index contributed by atoms with van der Waals surface area (Å²) in [5.41, 5.74) is 0. The zero-order valence-electron chi connectivity index (χ0n) is 30.1. The zero-order valence-corrected chi connectivity index (χ0v) is 30.1. The Hall–Kier alpha value is -0.770. The molecule has 0 saturated heterocycles. The van der Waals surface area contributed by atoms with E-state index in [0.29, 0.717) is 12.8 Å². The molecule has 46 heavy (non-hydrogen) atoms. The summed E-state index contributed by atoms with van der Waals surface area (Å²) >= 11 is 0. The Morgan fingerprint density at radius 2 is 0.870 bits per heavy atom. The van der Waals surface area contributed by atoms with Gasteiger partial charge in [0.1, 0.15) is 12.2 Å². The quantitative estimate of drug-likeness (QED) is 0.0258. The molecule has 0 radical (unpaired) electrons. The molecule has 0 amide bonds. The van der Waals surface area contributed by atoms with Crippen molar-refractivity contribution in [1.82, 2.24) is 0 Å². The van der Waals surface area contributed by atoms with Crippen molar-refractivity contribution >= 4 is 5.97 Å². The summed E-state index contributed by atoms with van der Waals surface area (Å²) < 4.78 is 10.7. The van der Waals surface area contributed by atoms with Gasteiger partial charge in [-0.1, -0.05) is 174 Å². The van der Waals surface area contributed by atoms with Crippen LogP contribution in [0.25, 0.3) is 0 Å². The summed E-state index contributed by atoms with van der Waals surface area (Å²) in [6.07, 6.45) is 26.6. The first-order chi connectivity index (χ1) is 22.4. The molecule has 0 bridgehead atoms. The average molecular weight is 661 g/mol. The maximum Gasteiger partial charge on any atom is 0.313 e. The number of ether oxygens (including phenoxy) is 2. The standard InChI is InChI=1S/C38H76O8/c1-3-5-7-9-11-13-15-17-19-21-23-25-27-29-35(42)34(28-26-24-22-20-18-16-14-12-10-8-6-4-2)37(44)46-38(36(43)31-40)45-32-33(41)30-39/h33-36,38-43H,3-32H2,1-2H3. The van der Waals surface area contributed by atoms with Crippen molar-refractivity contribution in [2.24, 2.45) is 5.92 Å². The molecule has 276 valence electrons. The number of esters is 1. The van der Waals surface area contributed by atoms with Gasteiger partial charge in [-0.05, 0) is 12.8 Å². The topological polar surface area (TPSA) is 137 Å². The van der Waals surface area contributed by atoms with Gasteiger partial charge in [-0.2, -0.15) is 0 Å². The first-order valence-corrected chi connectivity index (χ1v) is 19.5. The van der Waals surface area contributed by atoms with Crippen molar-refractivity contribution in [3.63, 3.8) is 0 Å². The summed E-state index contributed by atoms with van der Waals surface area (Å²) in [5, 5.41) is 49.3. The van der Waals surface area contributed by atoms with Crippen molar-refractivity contribution in [2.75, 3.05) is 19.8 Å². The van der Waals surface area contributed by atoms with Crippen LogP contribution in [0.1, 0.15) is 187 Å². The Morgan fingerprint density at radius 3 is 1.24 bits per heavy atom. The second-order valence-corrected chi connectivity index (χ2v) is 13.6. The van der Waals surface area contributed by atoms with Crippen LogP contribution in [-0.2, 0) is 14.3 Å². The van der Waals surface area contributed by atoms with Gasteiger partial charge in [-0.15, -0.1) is 0 Å². The van der Waals surface area contributed by atoms with E-state index >= 15 is 0 Å². The molecule has 5 atom stereocenters. The van der Waals surface area contributed by atoms with Gasteiger partial charge in [0.25, 0.3) is 0 Å². The molecule has 0 fully saturated rings.